The van der Waals surface area contributed by atoms with Gasteiger partial charge in [-0.1, -0.05) is 281 Å². The molecule has 0 rings (SSSR count). The van der Waals surface area contributed by atoms with Crippen LogP contribution in [0.2, 0.25) is 0 Å². The fourth-order valence-electron chi connectivity index (χ4n) is 8.43. The smallest absolute Gasteiger partial charge is 0.306 e. The molecule has 0 saturated heterocycles. The third kappa shape index (κ3) is 52.5. The lowest BCUT2D eigenvalue weighted by Crippen LogP contribution is -2.28. The lowest BCUT2D eigenvalue weighted by molar-refractivity contribution is -0.161. The van der Waals surface area contributed by atoms with Gasteiger partial charge < -0.3 is 14.6 Å². The average molecular weight is 898 g/mol. The van der Waals surface area contributed by atoms with Gasteiger partial charge in [0, 0.05) is 12.8 Å². The Bertz CT molecular complexity index is 1060. The van der Waals surface area contributed by atoms with Gasteiger partial charge in [-0.25, -0.2) is 0 Å². The van der Waals surface area contributed by atoms with E-state index >= 15 is 0 Å². The number of carbonyl (C=O) groups is 2. The van der Waals surface area contributed by atoms with Crippen molar-refractivity contribution < 1.29 is 24.2 Å². The van der Waals surface area contributed by atoms with E-state index in [1.807, 2.05) is 0 Å². The first-order chi connectivity index (χ1) is 31.6. The van der Waals surface area contributed by atoms with Gasteiger partial charge in [0.2, 0.25) is 0 Å². The van der Waals surface area contributed by atoms with Crippen LogP contribution in [0.4, 0.5) is 0 Å². The number of unbranched alkanes of at least 4 members (excludes halogenated alkanes) is 36. The summed E-state index contributed by atoms with van der Waals surface area (Å²) in [5, 5.41) is 9.65. The molecule has 5 heteroatoms. The van der Waals surface area contributed by atoms with Crippen molar-refractivity contribution in [2.75, 3.05) is 13.2 Å². The molecule has 1 atom stereocenters. The maximum Gasteiger partial charge on any atom is 0.306 e. The van der Waals surface area contributed by atoms with E-state index in [9.17, 15) is 14.7 Å². The molecular formula is C59H108O5. The topological polar surface area (TPSA) is 72.8 Å². The van der Waals surface area contributed by atoms with Gasteiger partial charge in [0.25, 0.3) is 0 Å². The average Bonchev–Trinajstić information content (AvgIpc) is 3.30. The zero-order valence-electron chi connectivity index (χ0n) is 42.8. The van der Waals surface area contributed by atoms with E-state index < -0.39 is 6.10 Å². The molecule has 1 N–H and O–H groups in total. The molecule has 64 heavy (non-hydrogen) atoms. The highest BCUT2D eigenvalue weighted by Gasteiger charge is 2.16. The number of allylic oxidation sites excluding steroid dienone is 8. The van der Waals surface area contributed by atoms with Gasteiger partial charge in [0.05, 0.1) is 6.61 Å². The van der Waals surface area contributed by atoms with E-state index in [1.54, 1.807) is 0 Å². The van der Waals surface area contributed by atoms with Crippen LogP contribution < -0.4 is 0 Å². The van der Waals surface area contributed by atoms with E-state index in [2.05, 4.69) is 62.5 Å². The molecular weight excluding hydrogens is 789 g/mol. The second-order valence-corrected chi connectivity index (χ2v) is 19.0. The number of rotatable bonds is 52. The standard InChI is InChI=1S/C59H108O5/c1-3-5-7-9-11-13-15-17-19-21-23-25-27-28-29-30-32-34-36-38-40-42-44-46-48-50-52-54-59(62)64-57(55-60)56-63-58(61)53-51-49-47-45-43-41-39-37-35-33-31-26-24-22-20-18-16-14-12-10-8-6-4-2/h5,7,11,13,17,19,23,25,57,60H,3-4,6,8-10,12,14-16,18,20-22,24,26-56H2,1-2H3/b7-5-,13-11-,19-17-,25-23-. The number of hydrogen-bond acceptors (Lipinski definition) is 5. The molecule has 0 aliphatic carbocycles. The summed E-state index contributed by atoms with van der Waals surface area (Å²) in [5.74, 6) is -0.575. The number of esters is 2. The van der Waals surface area contributed by atoms with E-state index in [0.29, 0.717) is 12.8 Å². The summed E-state index contributed by atoms with van der Waals surface area (Å²) < 4.78 is 10.7. The van der Waals surface area contributed by atoms with Crippen molar-refractivity contribution >= 4 is 11.9 Å². The molecule has 0 radical (unpaired) electrons. The van der Waals surface area contributed by atoms with Crippen LogP contribution >= 0.6 is 0 Å². The molecule has 0 aromatic rings. The van der Waals surface area contributed by atoms with Crippen LogP contribution in [0.5, 0.6) is 0 Å². The third-order valence-corrected chi connectivity index (χ3v) is 12.6. The van der Waals surface area contributed by atoms with Gasteiger partial charge in [-0.3, -0.25) is 9.59 Å². The fourth-order valence-corrected chi connectivity index (χ4v) is 8.43. The molecule has 0 aromatic heterocycles. The van der Waals surface area contributed by atoms with E-state index in [0.717, 1.165) is 57.8 Å². The Labute approximate surface area is 398 Å². The fraction of sp³-hybridized carbons (Fsp3) is 0.831. The predicted molar refractivity (Wildman–Crippen MR) is 279 cm³/mol. The number of carbonyl (C=O) groups excluding carboxylic acids is 2. The van der Waals surface area contributed by atoms with Gasteiger partial charge in [-0.2, -0.15) is 0 Å². The predicted octanol–water partition coefficient (Wildman–Crippen LogP) is 18.9. The minimum absolute atomic E-state index is 0.0618. The van der Waals surface area contributed by atoms with E-state index in [1.165, 1.54) is 212 Å². The van der Waals surface area contributed by atoms with Crippen LogP contribution in [0.25, 0.3) is 0 Å². The van der Waals surface area contributed by atoms with Crippen molar-refractivity contribution in [3.05, 3.63) is 48.6 Å². The Morgan fingerprint density at radius 3 is 1.02 bits per heavy atom. The molecule has 0 aromatic carbocycles. The highest BCUT2D eigenvalue weighted by molar-refractivity contribution is 5.70. The second-order valence-electron chi connectivity index (χ2n) is 19.0. The first-order valence-corrected chi connectivity index (χ1v) is 28.2. The van der Waals surface area contributed by atoms with Crippen LogP contribution in [0.3, 0.4) is 0 Å². The zero-order chi connectivity index (χ0) is 46.3. The molecule has 0 amide bonds. The summed E-state index contributed by atoms with van der Waals surface area (Å²) in [6, 6.07) is 0. The van der Waals surface area contributed by atoms with Crippen LogP contribution in [0, 0.1) is 0 Å². The molecule has 374 valence electrons. The molecule has 0 spiro atoms. The SMILES string of the molecule is CC/C=C\C/C=C\C/C=C\C/C=C\CCCCCCCCCCCCCCCCC(=O)OC(CO)COC(=O)CCCCCCCCCCCCCCCCCCCCCCCCC. The number of ether oxygens (including phenoxy) is 2. The molecule has 0 fully saturated rings. The normalized spacial score (nSPS) is 12.5. The second kappa shape index (κ2) is 55.2. The molecule has 0 heterocycles. The van der Waals surface area contributed by atoms with Crippen molar-refractivity contribution in [2.24, 2.45) is 0 Å². The van der Waals surface area contributed by atoms with Crippen molar-refractivity contribution in [1.82, 2.24) is 0 Å². The Morgan fingerprint density at radius 1 is 0.375 bits per heavy atom. The lowest BCUT2D eigenvalue weighted by Gasteiger charge is -2.15. The monoisotopic (exact) mass is 897 g/mol. The molecule has 0 aliphatic rings. The highest BCUT2D eigenvalue weighted by atomic mass is 16.6. The maximum absolute atomic E-state index is 12.3. The molecule has 5 nitrogen and oxygen atoms in total. The molecule has 0 bridgehead atoms. The largest absolute Gasteiger partial charge is 0.462 e. The van der Waals surface area contributed by atoms with Crippen LogP contribution in [0.15, 0.2) is 48.6 Å². The maximum atomic E-state index is 12.3. The number of aliphatic hydroxyl groups is 1. The summed E-state index contributed by atoms with van der Waals surface area (Å²) in [6.45, 7) is 4.07. The van der Waals surface area contributed by atoms with Crippen molar-refractivity contribution in [3.63, 3.8) is 0 Å². The van der Waals surface area contributed by atoms with Crippen molar-refractivity contribution in [2.45, 2.75) is 302 Å². The minimum Gasteiger partial charge on any atom is -0.462 e. The zero-order valence-corrected chi connectivity index (χ0v) is 42.8. The van der Waals surface area contributed by atoms with Gasteiger partial charge in [-0.15, -0.1) is 0 Å². The van der Waals surface area contributed by atoms with Gasteiger partial charge in [-0.05, 0) is 51.4 Å². The Balaban J connectivity index is 3.45. The minimum atomic E-state index is -0.771. The number of aliphatic hydroxyl groups excluding tert-OH is 1. The van der Waals surface area contributed by atoms with Crippen LogP contribution in [-0.2, 0) is 19.1 Å². The first-order valence-electron chi connectivity index (χ1n) is 28.2. The highest BCUT2D eigenvalue weighted by Crippen LogP contribution is 2.17. The Kier molecular flexibility index (Phi) is 53.3. The van der Waals surface area contributed by atoms with E-state index in [4.69, 9.17) is 9.47 Å². The summed E-state index contributed by atoms with van der Waals surface area (Å²) >= 11 is 0. The Hall–Kier alpha value is -2.14. The summed E-state index contributed by atoms with van der Waals surface area (Å²) in [5.41, 5.74) is 0. The van der Waals surface area contributed by atoms with Crippen LogP contribution in [0.1, 0.15) is 296 Å². The molecule has 0 aliphatic heterocycles. The quantitative estimate of drug-likeness (QED) is 0.0374. The molecule has 0 saturated carbocycles. The third-order valence-electron chi connectivity index (χ3n) is 12.6. The molecule has 1 unspecified atom stereocenters. The van der Waals surface area contributed by atoms with Gasteiger partial charge in [0.1, 0.15) is 6.61 Å². The van der Waals surface area contributed by atoms with E-state index in [-0.39, 0.29) is 25.2 Å². The van der Waals surface area contributed by atoms with Crippen LogP contribution in [-0.4, -0.2) is 36.4 Å². The van der Waals surface area contributed by atoms with Crippen molar-refractivity contribution in [1.29, 1.82) is 0 Å². The summed E-state index contributed by atoms with van der Waals surface area (Å²) in [7, 11) is 0. The van der Waals surface area contributed by atoms with Gasteiger partial charge >= 0.3 is 11.9 Å². The Morgan fingerprint density at radius 2 is 0.672 bits per heavy atom. The lowest BCUT2D eigenvalue weighted by atomic mass is 10.0. The first kappa shape index (κ1) is 61.9. The number of hydrogen-bond donors (Lipinski definition) is 1. The van der Waals surface area contributed by atoms with Crippen molar-refractivity contribution in [3.8, 4) is 0 Å². The van der Waals surface area contributed by atoms with Gasteiger partial charge in [0.15, 0.2) is 6.10 Å². The summed E-state index contributed by atoms with van der Waals surface area (Å²) in [4.78, 5) is 24.5. The summed E-state index contributed by atoms with van der Waals surface area (Å²) in [6.07, 6.45) is 72.3.